The molecule has 0 heterocycles. The lowest BCUT2D eigenvalue weighted by Crippen LogP contribution is -2.41. The van der Waals surface area contributed by atoms with Gasteiger partial charge in [-0.2, -0.15) is 0 Å². The van der Waals surface area contributed by atoms with Gasteiger partial charge in [0.05, 0.1) is 6.04 Å². The molecule has 5 nitrogen and oxygen atoms in total. The molecule has 1 unspecified atom stereocenters. The van der Waals surface area contributed by atoms with Crippen molar-refractivity contribution < 1.29 is 14.3 Å². The summed E-state index contributed by atoms with van der Waals surface area (Å²) >= 11 is 0. The normalized spacial score (nSPS) is 16.8. The van der Waals surface area contributed by atoms with Gasteiger partial charge in [-0.05, 0) is 44.7 Å². The third-order valence-corrected chi connectivity index (χ3v) is 3.74. The molecule has 0 aliphatic heterocycles. The maximum Gasteiger partial charge on any atom is 0.408 e. The molecule has 5 heteroatoms. The summed E-state index contributed by atoms with van der Waals surface area (Å²) in [4.78, 5) is 25.6. The van der Waals surface area contributed by atoms with Gasteiger partial charge in [-0.15, -0.1) is 0 Å². The van der Waals surface area contributed by atoms with E-state index in [1.807, 2.05) is 12.1 Å². The minimum absolute atomic E-state index is 0.0515. The summed E-state index contributed by atoms with van der Waals surface area (Å²) in [5.74, 6) is -0.118. The lowest BCUT2D eigenvalue weighted by molar-refractivity contribution is -0.131. The summed E-state index contributed by atoms with van der Waals surface area (Å²) in [6.45, 7) is 5.31. The largest absolute Gasteiger partial charge is 0.444 e. The topological polar surface area (TPSA) is 58.6 Å². The van der Waals surface area contributed by atoms with Gasteiger partial charge >= 0.3 is 6.09 Å². The second-order valence-corrected chi connectivity index (χ2v) is 6.61. The van der Waals surface area contributed by atoms with Crippen molar-refractivity contribution in [2.45, 2.75) is 45.3 Å². The quantitative estimate of drug-likeness (QED) is 0.934. The predicted molar refractivity (Wildman–Crippen MR) is 84.5 cm³/mol. The van der Waals surface area contributed by atoms with E-state index in [0.29, 0.717) is 0 Å². The Morgan fingerprint density at radius 1 is 1.32 bits per heavy atom. The molecule has 1 aliphatic rings. The van der Waals surface area contributed by atoms with Crippen LogP contribution in [0, 0.1) is 0 Å². The average Bonchev–Trinajstić information content (AvgIpc) is 2.86. The van der Waals surface area contributed by atoms with E-state index in [2.05, 4.69) is 17.4 Å². The van der Waals surface area contributed by atoms with Gasteiger partial charge < -0.3 is 15.0 Å². The summed E-state index contributed by atoms with van der Waals surface area (Å²) in [5.41, 5.74) is 1.94. The van der Waals surface area contributed by atoms with Gasteiger partial charge in [-0.1, -0.05) is 24.3 Å². The zero-order valence-electron chi connectivity index (χ0n) is 13.7. The third-order valence-electron chi connectivity index (χ3n) is 3.74. The van der Waals surface area contributed by atoms with Crippen LogP contribution in [0.15, 0.2) is 24.3 Å². The Balaban J connectivity index is 1.90. The van der Waals surface area contributed by atoms with Crippen LogP contribution in [0.4, 0.5) is 4.79 Å². The number of nitrogens with zero attached hydrogens (tertiary/aromatic N) is 1. The highest BCUT2D eigenvalue weighted by Crippen LogP contribution is 2.34. The number of rotatable bonds is 3. The van der Waals surface area contributed by atoms with Crippen LogP contribution in [0.1, 0.15) is 44.4 Å². The van der Waals surface area contributed by atoms with Crippen LogP contribution in [0.3, 0.4) is 0 Å². The zero-order valence-corrected chi connectivity index (χ0v) is 13.7. The number of benzene rings is 1. The second kappa shape index (κ2) is 6.38. The number of likely N-dealkylation sites (N-methyl/N-ethyl adjacent to an activating group) is 1. The molecular formula is C17H24N2O3. The summed E-state index contributed by atoms with van der Waals surface area (Å²) in [5, 5.41) is 2.51. The van der Waals surface area contributed by atoms with Gasteiger partial charge in [-0.3, -0.25) is 4.79 Å². The predicted octanol–water partition coefficient (Wildman–Crippen LogP) is 2.66. The Hall–Kier alpha value is -2.04. The van der Waals surface area contributed by atoms with E-state index < -0.39 is 11.7 Å². The van der Waals surface area contributed by atoms with Gasteiger partial charge in [0.25, 0.3) is 0 Å². The minimum Gasteiger partial charge on any atom is -0.444 e. The van der Waals surface area contributed by atoms with Crippen LogP contribution >= 0.6 is 0 Å². The Bertz CT molecular complexity index is 563. The average molecular weight is 304 g/mol. The van der Waals surface area contributed by atoms with Gasteiger partial charge in [0, 0.05) is 7.05 Å². The van der Waals surface area contributed by atoms with Gasteiger partial charge in [-0.25, -0.2) is 4.79 Å². The highest BCUT2D eigenvalue weighted by atomic mass is 16.6. The van der Waals surface area contributed by atoms with Gasteiger partial charge in [0.1, 0.15) is 12.1 Å². The molecule has 120 valence electrons. The summed E-state index contributed by atoms with van der Waals surface area (Å²) in [6.07, 6.45) is 1.34. The number of fused-ring (bicyclic) bond motifs is 1. The maximum absolute atomic E-state index is 12.3. The molecule has 1 aliphatic carbocycles. The van der Waals surface area contributed by atoms with Crippen molar-refractivity contribution in [1.29, 1.82) is 0 Å². The molecular weight excluding hydrogens is 280 g/mol. The first-order chi connectivity index (χ1) is 10.3. The van der Waals surface area contributed by atoms with E-state index in [1.165, 1.54) is 11.1 Å². The molecule has 22 heavy (non-hydrogen) atoms. The third kappa shape index (κ3) is 4.00. The first-order valence-corrected chi connectivity index (χ1v) is 7.58. The van der Waals surface area contributed by atoms with Crippen LogP contribution in [0.2, 0.25) is 0 Å². The standard InChI is InChI=1S/C17H24N2O3/c1-17(2,3)22-16(21)18-11-15(20)19(4)14-10-9-12-7-5-6-8-13(12)14/h5-8,14H,9-11H2,1-4H3,(H,18,21). The van der Waals surface area contributed by atoms with Gasteiger partial charge in [0.2, 0.25) is 5.91 Å². The van der Waals surface area contributed by atoms with Crippen molar-refractivity contribution in [2.24, 2.45) is 0 Å². The molecule has 0 fully saturated rings. The number of carbonyl (C=O) groups is 2. The summed E-state index contributed by atoms with van der Waals surface area (Å²) in [6, 6.07) is 8.27. The molecule has 0 bridgehead atoms. The number of hydrogen-bond donors (Lipinski definition) is 1. The van der Waals surface area contributed by atoms with Crippen LogP contribution in [-0.2, 0) is 16.0 Å². The van der Waals surface area contributed by atoms with Crippen LogP contribution < -0.4 is 5.32 Å². The fourth-order valence-corrected chi connectivity index (χ4v) is 2.70. The first-order valence-electron chi connectivity index (χ1n) is 7.58. The van der Waals surface area contributed by atoms with Crippen molar-refractivity contribution in [3.05, 3.63) is 35.4 Å². The smallest absolute Gasteiger partial charge is 0.408 e. The highest BCUT2D eigenvalue weighted by Gasteiger charge is 2.28. The van der Waals surface area contributed by atoms with Crippen molar-refractivity contribution in [2.75, 3.05) is 13.6 Å². The molecule has 0 aromatic heterocycles. The Morgan fingerprint density at radius 3 is 2.68 bits per heavy atom. The lowest BCUT2D eigenvalue weighted by Gasteiger charge is -2.26. The number of amides is 2. The van der Waals surface area contributed by atoms with E-state index in [4.69, 9.17) is 4.74 Å². The van der Waals surface area contributed by atoms with Crippen molar-refractivity contribution in [1.82, 2.24) is 10.2 Å². The molecule has 1 N–H and O–H groups in total. The van der Waals surface area contributed by atoms with E-state index in [-0.39, 0.29) is 18.5 Å². The fraction of sp³-hybridized carbons (Fsp3) is 0.529. The van der Waals surface area contributed by atoms with Crippen LogP contribution in [0.25, 0.3) is 0 Å². The number of carbonyl (C=O) groups excluding carboxylic acids is 2. The Kier molecular flexibility index (Phi) is 4.74. The minimum atomic E-state index is -0.568. The summed E-state index contributed by atoms with van der Waals surface area (Å²) in [7, 11) is 1.78. The van der Waals surface area contributed by atoms with Crippen molar-refractivity contribution >= 4 is 12.0 Å². The summed E-state index contributed by atoms with van der Waals surface area (Å²) < 4.78 is 5.13. The van der Waals surface area contributed by atoms with Gasteiger partial charge in [0.15, 0.2) is 0 Å². The van der Waals surface area contributed by atoms with Crippen LogP contribution in [-0.4, -0.2) is 36.1 Å². The van der Waals surface area contributed by atoms with Crippen molar-refractivity contribution in [3.63, 3.8) is 0 Å². The maximum atomic E-state index is 12.3. The molecule has 2 rings (SSSR count). The molecule has 1 aromatic rings. The molecule has 0 saturated heterocycles. The lowest BCUT2D eigenvalue weighted by atomic mass is 10.1. The van der Waals surface area contributed by atoms with E-state index >= 15 is 0 Å². The molecule has 0 radical (unpaired) electrons. The Labute approximate surface area is 131 Å². The number of hydrogen-bond acceptors (Lipinski definition) is 3. The zero-order chi connectivity index (χ0) is 16.3. The molecule has 2 amide bonds. The molecule has 1 atom stereocenters. The number of nitrogens with one attached hydrogen (secondary N) is 1. The SMILES string of the molecule is CN(C(=O)CNC(=O)OC(C)(C)C)C1CCc2ccccc21. The van der Waals surface area contributed by atoms with E-state index in [1.54, 1.807) is 32.7 Å². The second-order valence-electron chi connectivity index (χ2n) is 6.61. The van der Waals surface area contributed by atoms with E-state index in [9.17, 15) is 9.59 Å². The highest BCUT2D eigenvalue weighted by molar-refractivity contribution is 5.82. The fourth-order valence-electron chi connectivity index (χ4n) is 2.70. The molecule has 0 saturated carbocycles. The van der Waals surface area contributed by atoms with Crippen molar-refractivity contribution in [3.8, 4) is 0 Å². The first kappa shape index (κ1) is 16.3. The molecule has 0 spiro atoms. The van der Waals surface area contributed by atoms with Crippen LogP contribution in [0.5, 0.6) is 0 Å². The number of alkyl carbamates (subject to hydrolysis) is 1. The monoisotopic (exact) mass is 304 g/mol. The number of ether oxygens (including phenoxy) is 1. The molecule has 1 aromatic carbocycles. The Morgan fingerprint density at radius 2 is 2.00 bits per heavy atom. The number of aryl methyl sites for hydroxylation is 1. The van der Waals surface area contributed by atoms with E-state index in [0.717, 1.165) is 12.8 Å².